The summed E-state index contributed by atoms with van der Waals surface area (Å²) in [6, 6.07) is 1.05. The molecule has 0 fully saturated rings. The van der Waals surface area contributed by atoms with Crippen molar-refractivity contribution in [3.05, 3.63) is 24.3 Å². The molecule has 0 aromatic carbocycles. The number of carboxylic acid groups (broad SMARTS) is 1. The lowest BCUT2D eigenvalue weighted by molar-refractivity contribution is -0.146. The quantitative estimate of drug-likeness (QED) is 0.508. The number of carbonyl (C=O) groups is 2. The lowest BCUT2D eigenvalue weighted by Gasteiger charge is -2.08. The first-order valence-corrected chi connectivity index (χ1v) is 4.77. The van der Waals surface area contributed by atoms with E-state index in [1.165, 1.54) is 12.5 Å². The Morgan fingerprint density at radius 3 is 2.76 bits per heavy atom. The van der Waals surface area contributed by atoms with Gasteiger partial charge < -0.3 is 20.8 Å². The Morgan fingerprint density at radius 1 is 1.41 bits per heavy atom. The van der Waals surface area contributed by atoms with Crippen LogP contribution < -0.4 is 10.6 Å². The lowest BCUT2D eigenvalue weighted by Crippen LogP contribution is -2.41. The molecule has 0 saturated heterocycles. The lowest BCUT2D eigenvalue weighted by atomic mass is 10.3. The summed E-state index contributed by atoms with van der Waals surface area (Å²) in [5.41, 5.74) is 0.619. The Balaban J connectivity index is 2.24. The van der Waals surface area contributed by atoms with Crippen LogP contribution in [0.5, 0.6) is 0 Å². The van der Waals surface area contributed by atoms with Crippen LogP contribution in [0.1, 0.15) is 5.69 Å². The average Bonchev–Trinajstić information content (AvgIpc) is 2.34. The van der Waals surface area contributed by atoms with Crippen LogP contribution in [0.3, 0.4) is 0 Å². The first-order chi connectivity index (χ1) is 8.09. The van der Waals surface area contributed by atoms with Crippen LogP contribution in [0, 0.1) is 0 Å². The Labute approximate surface area is 96.7 Å². The number of carbonyl (C=O) groups excluding carboxylic acids is 1. The van der Waals surface area contributed by atoms with Crippen molar-refractivity contribution >= 4 is 12.0 Å². The molecule has 1 rings (SSSR count). The normalized spacial score (nSPS) is 11.6. The van der Waals surface area contributed by atoms with Crippen LogP contribution in [-0.4, -0.2) is 44.8 Å². The zero-order valence-corrected chi connectivity index (χ0v) is 8.83. The molecule has 0 spiro atoms. The van der Waals surface area contributed by atoms with Gasteiger partial charge in [0.1, 0.15) is 6.33 Å². The van der Waals surface area contributed by atoms with E-state index in [4.69, 9.17) is 10.2 Å². The third-order valence-corrected chi connectivity index (χ3v) is 1.81. The Kier molecular flexibility index (Phi) is 4.82. The van der Waals surface area contributed by atoms with E-state index in [2.05, 4.69) is 20.6 Å². The maximum atomic E-state index is 11.2. The molecule has 4 N–H and O–H groups in total. The number of nitrogens with one attached hydrogen (secondary N) is 2. The van der Waals surface area contributed by atoms with Crippen molar-refractivity contribution in [3.8, 4) is 0 Å². The largest absolute Gasteiger partial charge is 0.479 e. The van der Waals surface area contributed by atoms with Crippen molar-refractivity contribution in [3.63, 3.8) is 0 Å². The Hall–Kier alpha value is -2.22. The molecule has 0 aliphatic carbocycles. The van der Waals surface area contributed by atoms with Gasteiger partial charge in [-0.15, -0.1) is 0 Å². The van der Waals surface area contributed by atoms with Gasteiger partial charge in [-0.3, -0.25) is 0 Å². The highest BCUT2D eigenvalue weighted by atomic mass is 16.4. The van der Waals surface area contributed by atoms with Gasteiger partial charge in [0.2, 0.25) is 0 Å². The number of aliphatic hydroxyl groups excluding tert-OH is 1. The maximum absolute atomic E-state index is 11.2. The number of urea groups is 1. The molecule has 8 heteroatoms. The molecule has 1 atom stereocenters. The molecule has 2 amide bonds. The second-order valence-corrected chi connectivity index (χ2v) is 3.12. The number of nitrogens with zero attached hydrogens (tertiary/aromatic N) is 2. The summed E-state index contributed by atoms with van der Waals surface area (Å²) in [4.78, 5) is 29.0. The zero-order chi connectivity index (χ0) is 12.7. The van der Waals surface area contributed by atoms with Crippen LogP contribution in [0.25, 0.3) is 0 Å². The van der Waals surface area contributed by atoms with Gasteiger partial charge in [-0.1, -0.05) is 0 Å². The summed E-state index contributed by atoms with van der Waals surface area (Å²) < 4.78 is 0. The van der Waals surface area contributed by atoms with E-state index >= 15 is 0 Å². The molecule has 1 aromatic rings. The number of aliphatic hydroxyl groups is 1. The van der Waals surface area contributed by atoms with Gasteiger partial charge in [0.05, 0.1) is 18.8 Å². The molecule has 17 heavy (non-hydrogen) atoms. The monoisotopic (exact) mass is 240 g/mol. The van der Waals surface area contributed by atoms with E-state index < -0.39 is 18.1 Å². The predicted octanol–water partition coefficient (Wildman–Crippen LogP) is -1.28. The summed E-state index contributed by atoms with van der Waals surface area (Å²) in [6.07, 6.45) is 1.28. The zero-order valence-electron chi connectivity index (χ0n) is 8.83. The van der Waals surface area contributed by atoms with E-state index in [1.807, 2.05) is 0 Å². The minimum Gasteiger partial charge on any atom is -0.479 e. The fraction of sp³-hybridized carbons (Fsp3) is 0.333. The third kappa shape index (κ3) is 4.89. The maximum Gasteiger partial charge on any atom is 0.334 e. The predicted molar refractivity (Wildman–Crippen MR) is 55.9 cm³/mol. The summed E-state index contributed by atoms with van der Waals surface area (Å²) in [6.45, 7) is -0.164. The Morgan fingerprint density at radius 2 is 2.18 bits per heavy atom. The van der Waals surface area contributed by atoms with Gasteiger partial charge in [0, 0.05) is 6.20 Å². The summed E-state index contributed by atoms with van der Waals surface area (Å²) in [7, 11) is 0. The molecule has 0 bridgehead atoms. The van der Waals surface area contributed by atoms with Crippen molar-refractivity contribution in [2.75, 3.05) is 6.54 Å². The molecule has 0 radical (unpaired) electrons. The molecule has 0 saturated carbocycles. The minimum atomic E-state index is -1.61. The first-order valence-electron chi connectivity index (χ1n) is 4.77. The molecule has 92 valence electrons. The molecule has 0 unspecified atom stereocenters. The van der Waals surface area contributed by atoms with Gasteiger partial charge in [0.25, 0.3) is 0 Å². The Bertz CT molecular complexity index is 384. The molecular weight excluding hydrogens is 228 g/mol. The van der Waals surface area contributed by atoms with Crippen molar-refractivity contribution in [1.29, 1.82) is 0 Å². The number of hydrogen-bond donors (Lipinski definition) is 4. The number of hydrogen-bond acceptors (Lipinski definition) is 5. The third-order valence-electron chi connectivity index (χ3n) is 1.81. The number of carboxylic acids is 1. The van der Waals surface area contributed by atoms with Gasteiger partial charge in [0.15, 0.2) is 6.10 Å². The van der Waals surface area contributed by atoms with E-state index in [0.717, 1.165) is 0 Å². The molecule has 0 aliphatic rings. The van der Waals surface area contributed by atoms with E-state index in [9.17, 15) is 9.59 Å². The minimum absolute atomic E-state index is 0.192. The van der Waals surface area contributed by atoms with Crippen molar-refractivity contribution in [1.82, 2.24) is 20.6 Å². The van der Waals surface area contributed by atoms with Crippen LogP contribution >= 0.6 is 0 Å². The molecule has 0 aliphatic heterocycles. The van der Waals surface area contributed by atoms with Gasteiger partial charge in [-0.05, 0) is 6.07 Å². The van der Waals surface area contributed by atoms with Gasteiger partial charge in [-0.25, -0.2) is 19.6 Å². The molecule has 1 heterocycles. The number of amides is 2. The number of aromatic nitrogens is 2. The van der Waals surface area contributed by atoms with E-state index in [1.54, 1.807) is 6.07 Å². The SMILES string of the molecule is O=C(NCc1ccncn1)NC[C@H](O)C(=O)O. The topological polar surface area (TPSA) is 124 Å². The molecular formula is C9H12N4O4. The fourth-order valence-corrected chi connectivity index (χ4v) is 0.933. The highest BCUT2D eigenvalue weighted by Gasteiger charge is 2.13. The fourth-order valence-electron chi connectivity index (χ4n) is 0.933. The van der Waals surface area contributed by atoms with Crippen molar-refractivity contribution in [2.45, 2.75) is 12.6 Å². The van der Waals surface area contributed by atoms with Crippen molar-refractivity contribution in [2.24, 2.45) is 0 Å². The van der Waals surface area contributed by atoms with Crippen LogP contribution in [-0.2, 0) is 11.3 Å². The van der Waals surface area contributed by atoms with Gasteiger partial charge in [-0.2, -0.15) is 0 Å². The highest BCUT2D eigenvalue weighted by molar-refractivity contribution is 5.76. The number of aliphatic carboxylic acids is 1. The summed E-state index contributed by atoms with van der Waals surface area (Å²) in [5, 5.41) is 21.9. The average molecular weight is 240 g/mol. The first kappa shape index (κ1) is 12.8. The standard InChI is InChI=1S/C9H12N4O4/c14-7(8(15)16)4-12-9(17)11-3-6-1-2-10-5-13-6/h1-2,5,7,14H,3-4H2,(H,15,16)(H2,11,12,17)/t7-/m0/s1. The van der Waals surface area contributed by atoms with Crippen LogP contribution in [0.2, 0.25) is 0 Å². The second kappa shape index (κ2) is 6.38. The summed E-state index contributed by atoms with van der Waals surface area (Å²) in [5.74, 6) is -1.39. The van der Waals surface area contributed by atoms with Crippen molar-refractivity contribution < 1.29 is 19.8 Å². The van der Waals surface area contributed by atoms with E-state index in [-0.39, 0.29) is 13.1 Å². The summed E-state index contributed by atoms with van der Waals surface area (Å²) >= 11 is 0. The number of rotatable bonds is 5. The second-order valence-electron chi connectivity index (χ2n) is 3.12. The molecule has 8 nitrogen and oxygen atoms in total. The smallest absolute Gasteiger partial charge is 0.334 e. The molecule has 1 aromatic heterocycles. The van der Waals surface area contributed by atoms with E-state index in [0.29, 0.717) is 5.69 Å². The van der Waals surface area contributed by atoms with Gasteiger partial charge >= 0.3 is 12.0 Å². The van der Waals surface area contributed by atoms with Crippen LogP contribution in [0.15, 0.2) is 18.6 Å². The highest BCUT2D eigenvalue weighted by Crippen LogP contribution is 1.89. The van der Waals surface area contributed by atoms with Crippen LogP contribution in [0.4, 0.5) is 4.79 Å².